The standard InChI is InChI=1S/C17H26ClNO2/c1-4-7-19-12-17(2,3)6-5-13-10-15-16(11-14(13)18)21-9-8-20-15/h10-11,19H,4-9,12H2,1-3H3. The van der Waals surface area contributed by atoms with E-state index in [2.05, 4.69) is 26.1 Å². The van der Waals surface area contributed by atoms with E-state index in [1.54, 1.807) is 0 Å². The van der Waals surface area contributed by atoms with Gasteiger partial charge >= 0.3 is 0 Å². The molecule has 0 bridgehead atoms. The third-order valence-corrected chi connectivity index (χ3v) is 4.16. The molecular formula is C17H26ClNO2. The molecule has 0 aromatic heterocycles. The maximum absolute atomic E-state index is 6.37. The van der Waals surface area contributed by atoms with Crippen LogP contribution < -0.4 is 14.8 Å². The molecule has 0 aliphatic carbocycles. The van der Waals surface area contributed by atoms with E-state index < -0.39 is 0 Å². The lowest BCUT2D eigenvalue weighted by Crippen LogP contribution is -2.30. The quantitative estimate of drug-likeness (QED) is 0.770. The molecule has 0 saturated heterocycles. The lowest BCUT2D eigenvalue weighted by atomic mass is 9.86. The van der Waals surface area contributed by atoms with Crippen LogP contribution in [0.1, 0.15) is 39.2 Å². The van der Waals surface area contributed by atoms with E-state index in [0.29, 0.717) is 13.2 Å². The molecule has 0 radical (unpaired) electrons. The summed E-state index contributed by atoms with van der Waals surface area (Å²) in [4.78, 5) is 0. The predicted octanol–water partition coefficient (Wildman–Crippen LogP) is 4.07. The zero-order valence-electron chi connectivity index (χ0n) is 13.3. The second-order valence-corrected chi connectivity index (χ2v) is 6.84. The molecule has 0 amide bonds. The van der Waals surface area contributed by atoms with Crippen LogP contribution >= 0.6 is 11.6 Å². The number of fused-ring (bicyclic) bond motifs is 1. The third-order valence-electron chi connectivity index (χ3n) is 3.81. The van der Waals surface area contributed by atoms with Gasteiger partial charge in [0.1, 0.15) is 13.2 Å². The fourth-order valence-electron chi connectivity index (χ4n) is 2.46. The summed E-state index contributed by atoms with van der Waals surface area (Å²) in [5.74, 6) is 1.58. The van der Waals surface area contributed by atoms with Gasteiger partial charge in [0.05, 0.1) is 0 Å². The van der Waals surface area contributed by atoms with Gasteiger partial charge in [0.25, 0.3) is 0 Å². The smallest absolute Gasteiger partial charge is 0.162 e. The first-order valence-corrected chi connectivity index (χ1v) is 8.18. The van der Waals surface area contributed by atoms with Gasteiger partial charge in [-0.25, -0.2) is 0 Å². The molecule has 1 aromatic rings. The van der Waals surface area contributed by atoms with Crippen LogP contribution in [-0.4, -0.2) is 26.3 Å². The van der Waals surface area contributed by atoms with E-state index >= 15 is 0 Å². The Hall–Kier alpha value is -0.930. The highest BCUT2D eigenvalue weighted by molar-refractivity contribution is 6.31. The van der Waals surface area contributed by atoms with Gasteiger partial charge < -0.3 is 14.8 Å². The molecule has 0 saturated carbocycles. The van der Waals surface area contributed by atoms with Gasteiger partial charge in [-0.1, -0.05) is 32.4 Å². The first-order valence-electron chi connectivity index (χ1n) is 7.80. The summed E-state index contributed by atoms with van der Waals surface area (Å²) in [6.45, 7) is 10.1. The molecule has 1 aliphatic heterocycles. The van der Waals surface area contributed by atoms with Gasteiger partial charge in [-0.3, -0.25) is 0 Å². The summed E-state index contributed by atoms with van der Waals surface area (Å²) < 4.78 is 11.2. The molecule has 0 unspecified atom stereocenters. The number of benzene rings is 1. The van der Waals surface area contributed by atoms with Crippen molar-refractivity contribution < 1.29 is 9.47 Å². The topological polar surface area (TPSA) is 30.5 Å². The van der Waals surface area contributed by atoms with Gasteiger partial charge in [0.2, 0.25) is 0 Å². The lowest BCUT2D eigenvalue weighted by molar-refractivity contribution is 0.171. The van der Waals surface area contributed by atoms with Crippen LogP contribution in [0.4, 0.5) is 0 Å². The van der Waals surface area contributed by atoms with Crippen molar-refractivity contribution in [1.82, 2.24) is 5.32 Å². The molecule has 1 heterocycles. The molecule has 0 atom stereocenters. The Balaban J connectivity index is 1.96. The first kappa shape index (κ1) is 16.4. The maximum Gasteiger partial charge on any atom is 0.162 e. The third kappa shape index (κ3) is 4.79. The zero-order valence-corrected chi connectivity index (χ0v) is 14.1. The molecule has 4 heteroatoms. The van der Waals surface area contributed by atoms with E-state index in [-0.39, 0.29) is 5.41 Å². The Morgan fingerprint density at radius 2 is 1.86 bits per heavy atom. The number of rotatable bonds is 7. The van der Waals surface area contributed by atoms with Crippen LogP contribution in [0.5, 0.6) is 11.5 Å². The number of nitrogens with one attached hydrogen (secondary N) is 1. The minimum absolute atomic E-state index is 0.256. The van der Waals surface area contributed by atoms with Crippen molar-refractivity contribution in [3.63, 3.8) is 0 Å². The lowest BCUT2D eigenvalue weighted by Gasteiger charge is -2.26. The Morgan fingerprint density at radius 3 is 2.52 bits per heavy atom. The molecule has 2 rings (SSSR count). The molecule has 1 N–H and O–H groups in total. The van der Waals surface area contributed by atoms with E-state index in [0.717, 1.165) is 48.0 Å². The summed E-state index contributed by atoms with van der Waals surface area (Å²) in [5.41, 5.74) is 1.40. The SMILES string of the molecule is CCCNCC(C)(C)CCc1cc2c(cc1Cl)OCCO2. The summed E-state index contributed by atoms with van der Waals surface area (Å²) in [5, 5.41) is 4.27. The van der Waals surface area contributed by atoms with Gasteiger partial charge in [-0.05, 0) is 42.9 Å². The van der Waals surface area contributed by atoms with Crippen molar-refractivity contribution in [2.24, 2.45) is 5.41 Å². The predicted molar refractivity (Wildman–Crippen MR) is 87.7 cm³/mol. The van der Waals surface area contributed by atoms with Gasteiger partial charge in [-0.2, -0.15) is 0 Å². The average molecular weight is 312 g/mol. The van der Waals surface area contributed by atoms with Crippen LogP contribution in [0.3, 0.4) is 0 Å². The van der Waals surface area contributed by atoms with E-state index in [4.69, 9.17) is 21.1 Å². The van der Waals surface area contributed by atoms with Crippen molar-refractivity contribution in [1.29, 1.82) is 0 Å². The Morgan fingerprint density at radius 1 is 1.19 bits per heavy atom. The number of hydrogen-bond acceptors (Lipinski definition) is 3. The molecular weight excluding hydrogens is 286 g/mol. The van der Waals surface area contributed by atoms with Crippen molar-refractivity contribution >= 4 is 11.6 Å². The number of hydrogen-bond donors (Lipinski definition) is 1. The monoisotopic (exact) mass is 311 g/mol. The minimum Gasteiger partial charge on any atom is -0.486 e. The fourth-order valence-corrected chi connectivity index (χ4v) is 2.71. The number of ether oxygens (including phenoxy) is 2. The first-order chi connectivity index (χ1) is 10.0. The van der Waals surface area contributed by atoms with E-state index in [1.807, 2.05) is 12.1 Å². The van der Waals surface area contributed by atoms with Crippen molar-refractivity contribution in [3.05, 3.63) is 22.7 Å². The minimum atomic E-state index is 0.256. The molecule has 0 spiro atoms. The molecule has 3 nitrogen and oxygen atoms in total. The molecule has 1 aliphatic rings. The highest BCUT2D eigenvalue weighted by Crippen LogP contribution is 2.36. The van der Waals surface area contributed by atoms with E-state index in [1.165, 1.54) is 6.42 Å². The van der Waals surface area contributed by atoms with Gasteiger partial charge in [0.15, 0.2) is 11.5 Å². The highest BCUT2D eigenvalue weighted by Gasteiger charge is 2.20. The second kappa shape index (κ2) is 7.37. The number of aryl methyl sites for hydroxylation is 1. The summed E-state index contributed by atoms with van der Waals surface area (Å²) in [6.07, 6.45) is 3.21. The van der Waals surface area contributed by atoms with Crippen LogP contribution in [0.2, 0.25) is 5.02 Å². The fraction of sp³-hybridized carbons (Fsp3) is 0.647. The Bertz CT molecular complexity index is 474. The molecule has 1 aromatic carbocycles. The molecule has 118 valence electrons. The summed E-state index contributed by atoms with van der Waals surface area (Å²) >= 11 is 6.37. The van der Waals surface area contributed by atoms with Crippen molar-refractivity contribution in [2.45, 2.75) is 40.0 Å². The molecule has 21 heavy (non-hydrogen) atoms. The Labute approximate surface area is 133 Å². The van der Waals surface area contributed by atoms with Crippen molar-refractivity contribution in [2.75, 3.05) is 26.3 Å². The number of halogens is 1. The van der Waals surface area contributed by atoms with E-state index in [9.17, 15) is 0 Å². The van der Waals surface area contributed by atoms with Gasteiger partial charge in [0, 0.05) is 17.6 Å². The van der Waals surface area contributed by atoms with Crippen LogP contribution in [0, 0.1) is 5.41 Å². The summed E-state index contributed by atoms with van der Waals surface area (Å²) in [7, 11) is 0. The second-order valence-electron chi connectivity index (χ2n) is 6.43. The largest absolute Gasteiger partial charge is 0.486 e. The summed E-state index contributed by atoms with van der Waals surface area (Å²) in [6, 6.07) is 3.92. The van der Waals surface area contributed by atoms with Gasteiger partial charge in [-0.15, -0.1) is 0 Å². The van der Waals surface area contributed by atoms with Crippen molar-refractivity contribution in [3.8, 4) is 11.5 Å². The van der Waals surface area contributed by atoms with Crippen LogP contribution in [-0.2, 0) is 6.42 Å². The molecule has 0 fully saturated rings. The Kier molecular flexibility index (Phi) is 5.77. The normalized spacial score (nSPS) is 14.3. The average Bonchev–Trinajstić information content (AvgIpc) is 2.45. The van der Waals surface area contributed by atoms with Crippen LogP contribution in [0.25, 0.3) is 0 Å². The van der Waals surface area contributed by atoms with Crippen LogP contribution in [0.15, 0.2) is 12.1 Å². The maximum atomic E-state index is 6.37. The zero-order chi connectivity index (χ0) is 15.3. The highest BCUT2D eigenvalue weighted by atomic mass is 35.5.